The van der Waals surface area contributed by atoms with Crippen LogP contribution in [0.1, 0.15) is 25.7 Å². The van der Waals surface area contributed by atoms with Crippen LogP contribution in [0.3, 0.4) is 0 Å². The normalized spacial score (nSPS) is 21.1. The Morgan fingerprint density at radius 3 is 3.00 bits per heavy atom. The maximum atomic E-state index is 12.6. The minimum atomic E-state index is 0.0400. The number of benzene rings is 1. The van der Waals surface area contributed by atoms with Crippen molar-refractivity contribution < 1.29 is 9.53 Å². The van der Waals surface area contributed by atoms with Crippen LogP contribution in [0.15, 0.2) is 30.3 Å². The Hall–Kier alpha value is -2.14. The molecule has 3 rings (SSSR count). The number of hydrogen-bond acceptors (Lipinski definition) is 4. The number of para-hydroxylation sites is 1. The number of rotatable bonds is 4. The lowest BCUT2D eigenvalue weighted by Crippen LogP contribution is -2.30. The molecule has 0 bridgehead atoms. The van der Waals surface area contributed by atoms with Crippen molar-refractivity contribution in [2.45, 2.75) is 25.7 Å². The van der Waals surface area contributed by atoms with E-state index in [0.29, 0.717) is 18.3 Å². The molecule has 0 saturated heterocycles. The fourth-order valence-corrected chi connectivity index (χ4v) is 3.32. The number of carbonyl (C=O) groups is 1. The number of amides is 1. The summed E-state index contributed by atoms with van der Waals surface area (Å²) in [4.78, 5) is 17.1. The van der Waals surface area contributed by atoms with E-state index >= 15 is 0 Å². The third-order valence-electron chi connectivity index (χ3n) is 4.65. The highest BCUT2D eigenvalue weighted by Gasteiger charge is 2.26. The molecule has 2 unspecified atom stereocenters. The summed E-state index contributed by atoms with van der Waals surface area (Å²) in [6.07, 6.45) is 4.02. The third-order valence-corrected chi connectivity index (χ3v) is 4.65. The van der Waals surface area contributed by atoms with E-state index in [0.717, 1.165) is 42.3 Å². The number of anilines is 1. The Bertz CT molecular complexity index is 702. The van der Waals surface area contributed by atoms with Gasteiger partial charge in [0.25, 0.3) is 0 Å². The standard InChI is InChI=1S/C18H23N3O2/c1-23-16-9-8-13-5-3-7-15(17(13)21-16)20-18(22)14-6-2-4-12(10-14)11-19/h3,5,7-9,12,14H,2,4,6,10-11,19H2,1H3,(H,20,22). The third kappa shape index (κ3) is 3.45. The van der Waals surface area contributed by atoms with Gasteiger partial charge in [-0.3, -0.25) is 4.79 Å². The SMILES string of the molecule is COc1ccc2cccc(NC(=O)C3CCCC(CN)C3)c2n1. The first-order valence-corrected chi connectivity index (χ1v) is 8.16. The molecular formula is C18H23N3O2. The zero-order valence-corrected chi connectivity index (χ0v) is 13.4. The van der Waals surface area contributed by atoms with Crippen LogP contribution in [0.2, 0.25) is 0 Å². The molecule has 1 heterocycles. The highest BCUT2D eigenvalue weighted by Crippen LogP contribution is 2.30. The number of ether oxygens (including phenoxy) is 1. The van der Waals surface area contributed by atoms with Gasteiger partial charge in [0.1, 0.15) is 0 Å². The molecule has 1 aromatic heterocycles. The average molecular weight is 313 g/mol. The van der Waals surface area contributed by atoms with Crippen LogP contribution < -0.4 is 15.8 Å². The number of nitrogens with zero attached hydrogens (tertiary/aromatic N) is 1. The van der Waals surface area contributed by atoms with Gasteiger partial charge >= 0.3 is 0 Å². The molecule has 122 valence electrons. The summed E-state index contributed by atoms with van der Waals surface area (Å²) in [7, 11) is 1.59. The van der Waals surface area contributed by atoms with Crippen LogP contribution in [0, 0.1) is 11.8 Å². The second kappa shape index (κ2) is 6.96. The lowest BCUT2D eigenvalue weighted by Gasteiger charge is -2.27. The van der Waals surface area contributed by atoms with E-state index in [-0.39, 0.29) is 11.8 Å². The van der Waals surface area contributed by atoms with E-state index in [1.54, 1.807) is 7.11 Å². The van der Waals surface area contributed by atoms with Gasteiger partial charge in [0.15, 0.2) is 0 Å². The smallest absolute Gasteiger partial charge is 0.227 e. The second-order valence-corrected chi connectivity index (χ2v) is 6.19. The van der Waals surface area contributed by atoms with Crippen LogP contribution in [-0.2, 0) is 4.79 Å². The van der Waals surface area contributed by atoms with E-state index in [4.69, 9.17) is 10.5 Å². The van der Waals surface area contributed by atoms with Crippen LogP contribution >= 0.6 is 0 Å². The first-order valence-electron chi connectivity index (χ1n) is 8.16. The van der Waals surface area contributed by atoms with Gasteiger partial charge in [-0.15, -0.1) is 0 Å². The van der Waals surface area contributed by atoms with Crippen molar-refractivity contribution in [2.24, 2.45) is 17.6 Å². The number of nitrogens with two attached hydrogens (primary N) is 1. The molecular weight excluding hydrogens is 290 g/mol. The van der Waals surface area contributed by atoms with Gasteiger partial charge in [-0.1, -0.05) is 18.6 Å². The molecule has 0 aliphatic heterocycles. The van der Waals surface area contributed by atoms with E-state index in [1.165, 1.54) is 0 Å². The Morgan fingerprint density at radius 1 is 1.35 bits per heavy atom. The molecule has 5 nitrogen and oxygen atoms in total. The molecule has 0 spiro atoms. The molecule has 2 atom stereocenters. The van der Waals surface area contributed by atoms with E-state index in [1.807, 2.05) is 30.3 Å². The van der Waals surface area contributed by atoms with Gasteiger partial charge in [0, 0.05) is 17.4 Å². The van der Waals surface area contributed by atoms with Crippen LogP contribution in [0.5, 0.6) is 5.88 Å². The predicted octanol–water partition coefficient (Wildman–Crippen LogP) is 2.95. The summed E-state index contributed by atoms with van der Waals surface area (Å²) in [5, 5.41) is 4.03. The molecule has 23 heavy (non-hydrogen) atoms. The molecule has 1 aromatic carbocycles. The summed E-state index contributed by atoms with van der Waals surface area (Å²) in [5.41, 5.74) is 7.26. The van der Waals surface area contributed by atoms with E-state index < -0.39 is 0 Å². The largest absolute Gasteiger partial charge is 0.481 e. The van der Waals surface area contributed by atoms with Crippen molar-refractivity contribution >= 4 is 22.5 Å². The average Bonchev–Trinajstić information content (AvgIpc) is 2.61. The second-order valence-electron chi connectivity index (χ2n) is 6.19. The predicted molar refractivity (Wildman–Crippen MR) is 91.4 cm³/mol. The van der Waals surface area contributed by atoms with Crippen molar-refractivity contribution in [3.8, 4) is 5.88 Å². The van der Waals surface area contributed by atoms with E-state index in [2.05, 4.69) is 10.3 Å². The summed E-state index contributed by atoms with van der Waals surface area (Å²) < 4.78 is 5.19. The quantitative estimate of drug-likeness (QED) is 0.910. The molecule has 0 radical (unpaired) electrons. The van der Waals surface area contributed by atoms with Gasteiger partial charge in [-0.05, 0) is 43.9 Å². The summed E-state index contributed by atoms with van der Waals surface area (Å²) in [5.74, 6) is 1.11. The first-order chi connectivity index (χ1) is 11.2. The Balaban J connectivity index is 1.81. The van der Waals surface area contributed by atoms with Gasteiger partial charge in [-0.25, -0.2) is 4.98 Å². The van der Waals surface area contributed by atoms with Gasteiger partial charge in [0.2, 0.25) is 11.8 Å². The fourth-order valence-electron chi connectivity index (χ4n) is 3.32. The van der Waals surface area contributed by atoms with Crippen molar-refractivity contribution in [3.63, 3.8) is 0 Å². The number of methoxy groups -OCH3 is 1. The Labute approximate surface area is 136 Å². The molecule has 2 aromatic rings. The maximum absolute atomic E-state index is 12.6. The molecule has 1 fully saturated rings. The number of hydrogen-bond donors (Lipinski definition) is 2. The van der Waals surface area contributed by atoms with Crippen molar-refractivity contribution in [3.05, 3.63) is 30.3 Å². The van der Waals surface area contributed by atoms with E-state index in [9.17, 15) is 4.79 Å². The van der Waals surface area contributed by atoms with Crippen molar-refractivity contribution in [1.82, 2.24) is 4.98 Å². The molecule has 1 aliphatic carbocycles. The number of aromatic nitrogens is 1. The number of pyridine rings is 1. The number of carbonyl (C=O) groups excluding carboxylic acids is 1. The fraction of sp³-hybridized carbons (Fsp3) is 0.444. The number of nitrogens with one attached hydrogen (secondary N) is 1. The molecule has 1 aliphatic rings. The molecule has 5 heteroatoms. The van der Waals surface area contributed by atoms with Crippen molar-refractivity contribution in [2.75, 3.05) is 19.0 Å². The lowest BCUT2D eigenvalue weighted by molar-refractivity contribution is -0.121. The van der Waals surface area contributed by atoms with Crippen molar-refractivity contribution in [1.29, 1.82) is 0 Å². The highest BCUT2D eigenvalue weighted by atomic mass is 16.5. The first kappa shape index (κ1) is 15.7. The Morgan fingerprint density at radius 2 is 2.22 bits per heavy atom. The molecule has 1 amide bonds. The summed E-state index contributed by atoms with van der Waals surface area (Å²) >= 11 is 0. The molecule has 3 N–H and O–H groups in total. The molecule has 1 saturated carbocycles. The maximum Gasteiger partial charge on any atom is 0.227 e. The topological polar surface area (TPSA) is 77.2 Å². The van der Waals surface area contributed by atoms with Gasteiger partial charge in [0.05, 0.1) is 18.3 Å². The zero-order valence-electron chi connectivity index (χ0n) is 13.4. The monoisotopic (exact) mass is 313 g/mol. The number of fused-ring (bicyclic) bond motifs is 1. The van der Waals surface area contributed by atoms with Gasteiger partial charge < -0.3 is 15.8 Å². The zero-order chi connectivity index (χ0) is 16.2. The summed E-state index contributed by atoms with van der Waals surface area (Å²) in [6.45, 7) is 0.663. The van der Waals surface area contributed by atoms with Gasteiger partial charge in [-0.2, -0.15) is 0 Å². The summed E-state index contributed by atoms with van der Waals surface area (Å²) in [6, 6.07) is 9.55. The minimum absolute atomic E-state index is 0.0400. The lowest BCUT2D eigenvalue weighted by atomic mass is 9.81. The Kier molecular flexibility index (Phi) is 4.76. The van der Waals surface area contributed by atoms with Crippen LogP contribution in [0.4, 0.5) is 5.69 Å². The highest BCUT2D eigenvalue weighted by molar-refractivity contribution is 6.01. The minimum Gasteiger partial charge on any atom is -0.481 e. The van der Waals surface area contributed by atoms with Crippen LogP contribution in [-0.4, -0.2) is 24.5 Å². The van der Waals surface area contributed by atoms with Crippen LogP contribution in [0.25, 0.3) is 10.9 Å².